The van der Waals surface area contributed by atoms with Crippen LogP contribution >= 0.6 is 23.1 Å². The summed E-state index contributed by atoms with van der Waals surface area (Å²) >= 11 is 3.08. The molecule has 0 saturated heterocycles. The summed E-state index contributed by atoms with van der Waals surface area (Å²) in [6, 6.07) is 3.63. The lowest BCUT2D eigenvalue weighted by Gasteiger charge is -2.01. The van der Waals surface area contributed by atoms with Crippen LogP contribution in [0.1, 0.15) is 42.3 Å². The van der Waals surface area contributed by atoms with Crippen LogP contribution in [0.25, 0.3) is 10.8 Å². The summed E-state index contributed by atoms with van der Waals surface area (Å²) in [6.07, 6.45) is 2.74. The monoisotopic (exact) mass is 376 g/mol. The van der Waals surface area contributed by atoms with Gasteiger partial charge in [0.1, 0.15) is 0 Å². The second-order valence-electron chi connectivity index (χ2n) is 5.65. The Labute approximate surface area is 154 Å². The molecule has 0 saturated carbocycles. The van der Waals surface area contributed by atoms with Crippen LogP contribution in [0.5, 0.6) is 0 Å². The Morgan fingerprint density at radius 1 is 1.28 bits per heavy atom. The van der Waals surface area contributed by atoms with Gasteiger partial charge in [0.05, 0.1) is 10.6 Å². The summed E-state index contributed by atoms with van der Waals surface area (Å²) in [5, 5.41) is 8.82. The molecule has 0 spiro atoms. The molecular formula is C17H20N4O2S2. The molecule has 0 unspecified atom stereocenters. The number of thioether (sulfide) groups is 1. The molecule has 0 aliphatic rings. The van der Waals surface area contributed by atoms with E-state index in [1.54, 1.807) is 17.4 Å². The molecule has 0 radical (unpaired) electrons. The summed E-state index contributed by atoms with van der Waals surface area (Å²) in [5.74, 6) is 1.54. The van der Waals surface area contributed by atoms with Gasteiger partial charge in [-0.2, -0.15) is 0 Å². The minimum Gasteiger partial charge on any atom is -0.419 e. The molecule has 1 N–H and O–H groups in total. The highest BCUT2D eigenvalue weighted by atomic mass is 32.2. The Hall–Kier alpha value is -1.93. The zero-order valence-electron chi connectivity index (χ0n) is 14.5. The van der Waals surface area contributed by atoms with Crippen LogP contribution in [0.15, 0.2) is 26.5 Å². The third-order valence-corrected chi connectivity index (χ3v) is 5.86. The third-order valence-electron chi connectivity index (χ3n) is 3.63. The summed E-state index contributed by atoms with van der Waals surface area (Å²) < 4.78 is 5.76. The summed E-state index contributed by atoms with van der Waals surface area (Å²) in [6.45, 7) is 6.29. The number of aromatic nitrogens is 4. The molecule has 0 aromatic carbocycles. The predicted octanol–water partition coefficient (Wildman–Crippen LogP) is 4.00. The zero-order chi connectivity index (χ0) is 17.8. The quantitative estimate of drug-likeness (QED) is 0.496. The van der Waals surface area contributed by atoms with Gasteiger partial charge in [-0.15, -0.1) is 21.5 Å². The fraction of sp³-hybridized carbons (Fsp3) is 0.412. The van der Waals surface area contributed by atoms with Gasteiger partial charge in [0, 0.05) is 16.6 Å². The van der Waals surface area contributed by atoms with Gasteiger partial charge in [0.2, 0.25) is 5.89 Å². The molecule has 0 fully saturated rings. The van der Waals surface area contributed by atoms with E-state index in [0.717, 1.165) is 29.8 Å². The van der Waals surface area contributed by atoms with Crippen LogP contribution in [-0.2, 0) is 18.6 Å². The van der Waals surface area contributed by atoms with Crippen LogP contribution in [0, 0.1) is 6.92 Å². The van der Waals surface area contributed by atoms with Gasteiger partial charge in [-0.25, -0.2) is 4.98 Å². The molecule has 0 atom stereocenters. The molecular weight excluding hydrogens is 356 g/mol. The van der Waals surface area contributed by atoms with Gasteiger partial charge in [-0.1, -0.05) is 32.0 Å². The van der Waals surface area contributed by atoms with Crippen molar-refractivity contribution in [3.05, 3.63) is 44.5 Å². The van der Waals surface area contributed by atoms with E-state index in [1.165, 1.54) is 22.2 Å². The fourth-order valence-corrected chi connectivity index (χ4v) is 4.22. The largest absolute Gasteiger partial charge is 0.419 e. The molecule has 3 heterocycles. The van der Waals surface area contributed by atoms with Crippen molar-refractivity contribution in [2.75, 3.05) is 0 Å². The van der Waals surface area contributed by atoms with Crippen molar-refractivity contribution < 1.29 is 4.42 Å². The van der Waals surface area contributed by atoms with Crippen molar-refractivity contribution in [3.8, 4) is 10.8 Å². The smallest absolute Gasteiger partial charge is 0.257 e. The first-order chi connectivity index (χ1) is 12.1. The van der Waals surface area contributed by atoms with Gasteiger partial charge >= 0.3 is 0 Å². The first kappa shape index (κ1) is 17.9. The first-order valence-corrected chi connectivity index (χ1v) is 10.0. The fourth-order valence-electron chi connectivity index (χ4n) is 2.45. The van der Waals surface area contributed by atoms with Crippen LogP contribution in [0.2, 0.25) is 0 Å². The number of hydrogen-bond acceptors (Lipinski definition) is 7. The molecule has 8 heteroatoms. The molecule has 3 aromatic rings. The number of H-pyrrole nitrogens is 1. The van der Waals surface area contributed by atoms with E-state index in [4.69, 9.17) is 4.42 Å². The Morgan fingerprint density at radius 3 is 2.84 bits per heavy atom. The van der Waals surface area contributed by atoms with Crippen molar-refractivity contribution in [3.63, 3.8) is 0 Å². The zero-order valence-corrected chi connectivity index (χ0v) is 16.1. The van der Waals surface area contributed by atoms with Gasteiger partial charge < -0.3 is 9.40 Å². The van der Waals surface area contributed by atoms with Crippen LogP contribution in [0.4, 0.5) is 0 Å². The standard InChI is InChI=1S/C17H20N4O2S2/c1-4-6-11-8-14(22)19-17(18-11)24-9-15-20-21-16(23-15)13-7-10(3)12(5-2)25-13/h7-8H,4-6,9H2,1-3H3,(H,18,19,22). The van der Waals surface area contributed by atoms with Gasteiger partial charge in [-0.05, 0) is 31.4 Å². The van der Waals surface area contributed by atoms with E-state index in [0.29, 0.717) is 22.7 Å². The van der Waals surface area contributed by atoms with Crippen LogP contribution < -0.4 is 5.56 Å². The van der Waals surface area contributed by atoms with Gasteiger partial charge in [0.25, 0.3) is 11.4 Å². The SMILES string of the molecule is CCCc1cc(=O)[nH]c(SCc2nnc(-c3cc(C)c(CC)s3)o2)n1. The van der Waals surface area contributed by atoms with E-state index in [9.17, 15) is 4.79 Å². The Bertz CT molecular complexity index is 914. The number of aromatic amines is 1. The molecule has 0 amide bonds. The number of nitrogens with one attached hydrogen (secondary N) is 1. The van der Waals surface area contributed by atoms with Crippen molar-refractivity contribution in [2.45, 2.75) is 50.9 Å². The molecule has 0 bridgehead atoms. The number of thiophene rings is 1. The lowest BCUT2D eigenvalue weighted by atomic mass is 10.2. The highest BCUT2D eigenvalue weighted by Gasteiger charge is 2.13. The maximum Gasteiger partial charge on any atom is 0.257 e. The Morgan fingerprint density at radius 2 is 2.12 bits per heavy atom. The average Bonchev–Trinajstić information content (AvgIpc) is 3.19. The lowest BCUT2D eigenvalue weighted by molar-refractivity contribution is 0.529. The number of nitrogens with zero attached hydrogens (tertiary/aromatic N) is 3. The molecule has 25 heavy (non-hydrogen) atoms. The summed E-state index contributed by atoms with van der Waals surface area (Å²) in [7, 11) is 0. The maximum absolute atomic E-state index is 11.7. The van der Waals surface area contributed by atoms with E-state index < -0.39 is 0 Å². The Balaban J connectivity index is 1.70. The molecule has 132 valence electrons. The molecule has 0 aliphatic carbocycles. The highest BCUT2D eigenvalue weighted by molar-refractivity contribution is 7.98. The van der Waals surface area contributed by atoms with Crippen molar-refractivity contribution in [1.82, 2.24) is 20.2 Å². The van der Waals surface area contributed by atoms with Crippen molar-refractivity contribution in [2.24, 2.45) is 0 Å². The minimum absolute atomic E-state index is 0.131. The number of rotatable bonds is 7. The van der Waals surface area contributed by atoms with E-state index in [-0.39, 0.29) is 5.56 Å². The molecule has 6 nitrogen and oxygen atoms in total. The topological polar surface area (TPSA) is 84.7 Å². The molecule has 0 aliphatic heterocycles. The first-order valence-electron chi connectivity index (χ1n) is 8.24. The van der Waals surface area contributed by atoms with Crippen molar-refractivity contribution in [1.29, 1.82) is 0 Å². The second kappa shape index (κ2) is 7.97. The maximum atomic E-state index is 11.7. The predicted molar refractivity (Wildman–Crippen MR) is 100 cm³/mol. The molecule has 3 aromatic heterocycles. The third kappa shape index (κ3) is 4.38. The summed E-state index contributed by atoms with van der Waals surface area (Å²) in [4.78, 5) is 21.2. The number of hydrogen-bond donors (Lipinski definition) is 1. The minimum atomic E-state index is -0.131. The van der Waals surface area contributed by atoms with Crippen molar-refractivity contribution >= 4 is 23.1 Å². The van der Waals surface area contributed by atoms with Gasteiger partial charge in [0.15, 0.2) is 5.16 Å². The average molecular weight is 377 g/mol. The van der Waals surface area contributed by atoms with Gasteiger partial charge in [-0.3, -0.25) is 4.79 Å². The second-order valence-corrected chi connectivity index (χ2v) is 7.75. The highest BCUT2D eigenvalue weighted by Crippen LogP contribution is 2.31. The molecule has 3 rings (SSSR count). The lowest BCUT2D eigenvalue weighted by Crippen LogP contribution is -2.09. The normalized spacial score (nSPS) is 11.2. The van der Waals surface area contributed by atoms with Crippen LogP contribution in [-0.4, -0.2) is 20.2 Å². The van der Waals surface area contributed by atoms with E-state index in [2.05, 4.69) is 47.0 Å². The van der Waals surface area contributed by atoms with Crippen LogP contribution in [0.3, 0.4) is 0 Å². The van der Waals surface area contributed by atoms with E-state index >= 15 is 0 Å². The number of aryl methyl sites for hydroxylation is 3. The van der Waals surface area contributed by atoms with E-state index in [1.807, 2.05) is 0 Å². The Kier molecular flexibility index (Phi) is 5.70. The summed E-state index contributed by atoms with van der Waals surface area (Å²) in [5.41, 5.74) is 1.93.